The minimum absolute atomic E-state index is 0.0726. The summed E-state index contributed by atoms with van der Waals surface area (Å²) in [6.07, 6.45) is 1.58. The maximum atomic E-state index is 12.7. The summed E-state index contributed by atoms with van der Waals surface area (Å²) in [4.78, 5) is 52.5. The number of nitrogens with one attached hydrogen (secondary N) is 1. The lowest BCUT2D eigenvalue weighted by Gasteiger charge is -2.26. The van der Waals surface area contributed by atoms with Crippen molar-refractivity contribution in [3.05, 3.63) is 59.0 Å². The highest BCUT2D eigenvalue weighted by atomic mass is 32.2. The van der Waals surface area contributed by atoms with E-state index in [4.69, 9.17) is 14.2 Å². The smallest absolute Gasteiger partial charge is 0.294 e. The Morgan fingerprint density at radius 3 is 2.36 bits per heavy atom. The number of nitrogens with zero attached hydrogens (tertiary/aromatic N) is 2. The molecule has 0 unspecified atom stereocenters. The fraction of sp³-hybridized carbons (Fsp3) is 0.280. The van der Waals surface area contributed by atoms with Crippen LogP contribution in [0.5, 0.6) is 11.5 Å². The molecule has 0 spiro atoms. The number of thioether (sulfide) groups is 1. The third-order valence-corrected chi connectivity index (χ3v) is 6.36. The largest absolute Gasteiger partial charge is 0.497 e. The van der Waals surface area contributed by atoms with Crippen molar-refractivity contribution in [2.45, 2.75) is 0 Å². The summed E-state index contributed by atoms with van der Waals surface area (Å²) in [5, 5.41) is 2.14. The summed E-state index contributed by atoms with van der Waals surface area (Å²) in [7, 11) is 1.54. The number of carbonyl (C=O) groups excluding carboxylic acids is 4. The molecule has 2 aromatic rings. The van der Waals surface area contributed by atoms with Crippen LogP contribution >= 0.6 is 11.8 Å². The molecule has 36 heavy (non-hydrogen) atoms. The van der Waals surface area contributed by atoms with Crippen molar-refractivity contribution in [3.63, 3.8) is 0 Å². The van der Waals surface area contributed by atoms with Crippen LogP contribution < -0.4 is 14.8 Å². The lowest BCUT2D eigenvalue weighted by molar-refractivity contribution is -0.137. The molecule has 2 aliphatic rings. The van der Waals surface area contributed by atoms with Crippen LogP contribution in [-0.2, 0) is 19.1 Å². The van der Waals surface area contributed by atoms with Crippen molar-refractivity contribution in [2.24, 2.45) is 0 Å². The van der Waals surface area contributed by atoms with Crippen LogP contribution in [0, 0.1) is 0 Å². The van der Waals surface area contributed by atoms with E-state index in [0.717, 1.165) is 16.7 Å². The van der Waals surface area contributed by atoms with E-state index in [-0.39, 0.29) is 17.4 Å². The van der Waals surface area contributed by atoms with Gasteiger partial charge in [-0.15, -0.1) is 0 Å². The van der Waals surface area contributed by atoms with Gasteiger partial charge in [-0.2, -0.15) is 0 Å². The molecule has 11 heteroatoms. The number of hydrogen-bond donors (Lipinski definition) is 1. The van der Waals surface area contributed by atoms with Crippen LogP contribution in [0.4, 0.5) is 10.5 Å². The molecular formula is C25H25N3O7S. The Labute approximate surface area is 212 Å². The van der Waals surface area contributed by atoms with Gasteiger partial charge in [-0.3, -0.25) is 24.1 Å². The monoisotopic (exact) mass is 511 g/mol. The summed E-state index contributed by atoms with van der Waals surface area (Å²) < 4.78 is 15.9. The molecule has 4 amide bonds. The summed E-state index contributed by atoms with van der Waals surface area (Å²) >= 11 is 0.774. The standard InChI is InChI=1S/C25H25N3O7S/c1-33-19-8-4-18(5-9-19)26-22(29)15-28-24(31)21(36-25(28)32)14-17-2-6-20(7-3-17)35-16-23(30)27-10-12-34-13-11-27/h2-9,14H,10-13,15-16H2,1H3,(H,26,29)/b21-14+. The number of methoxy groups -OCH3 is 1. The molecule has 0 atom stereocenters. The average Bonchev–Trinajstić information content (AvgIpc) is 3.16. The maximum Gasteiger partial charge on any atom is 0.294 e. The molecule has 2 fully saturated rings. The van der Waals surface area contributed by atoms with Gasteiger partial charge in [0, 0.05) is 18.8 Å². The van der Waals surface area contributed by atoms with E-state index in [1.165, 1.54) is 0 Å². The zero-order chi connectivity index (χ0) is 25.5. The number of imide groups is 1. The van der Waals surface area contributed by atoms with Gasteiger partial charge < -0.3 is 24.4 Å². The molecule has 2 aromatic carbocycles. The van der Waals surface area contributed by atoms with Gasteiger partial charge >= 0.3 is 0 Å². The van der Waals surface area contributed by atoms with Gasteiger partial charge in [-0.25, -0.2) is 0 Å². The average molecular weight is 512 g/mol. The van der Waals surface area contributed by atoms with Gasteiger partial charge in [0.25, 0.3) is 17.1 Å². The van der Waals surface area contributed by atoms with Gasteiger partial charge in [0.1, 0.15) is 18.0 Å². The predicted molar refractivity (Wildman–Crippen MR) is 134 cm³/mol. The molecule has 0 radical (unpaired) electrons. The normalized spacial score (nSPS) is 16.9. The minimum atomic E-state index is -0.536. The summed E-state index contributed by atoms with van der Waals surface area (Å²) in [5.41, 5.74) is 1.20. The molecular weight excluding hydrogens is 486 g/mol. The van der Waals surface area contributed by atoms with Crippen LogP contribution in [0.15, 0.2) is 53.4 Å². The van der Waals surface area contributed by atoms with E-state index in [1.807, 2.05) is 0 Å². The Hall–Kier alpha value is -3.83. The molecule has 1 N–H and O–H groups in total. The van der Waals surface area contributed by atoms with Crippen molar-refractivity contribution in [2.75, 3.05) is 51.9 Å². The van der Waals surface area contributed by atoms with E-state index < -0.39 is 23.6 Å². The van der Waals surface area contributed by atoms with Crippen LogP contribution in [0.2, 0.25) is 0 Å². The SMILES string of the molecule is COc1ccc(NC(=O)CN2C(=O)S/C(=C/c3ccc(OCC(=O)N4CCOCC4)cc3)C2=O)cc1. The van der Waals surface area contributed by atoms with E-state index in [9.17, 15) is 19.2 Å². The van der Waals surface area contributed by atoms with Gasteiger partial charge in [0.05, 0.1) is 25.2 Å². The number of anilines is 1. The third-order valence-electron chi connectivity index (χ3n) is 5.45. The van der Waals surface area contributed by atoms with Gasteiger partial charge in [-0.05, 0) is 59.8 Å². The van der Waals surface area contributed by atoms with Gasteiger partial charge in [0.2, 0.25) is 5.91 Å². The second kappa shape index (κ2) is 11.7. The molecule has 0 saturated carbocycles. The molecule has 2 heterocycles. The molecule has 0 aromatic heterocycles. The molecule has 0 bridgehead atoms. The third kappa shape index (κ3) is 6.43. The fourth-order valence-corrected chi connectivity index (χ4v) is 4.35. The number of amides is 4. The van der Waals surface area contributed by atoms with E-state index in [0.29, 0.717) is 49.1 Å². The Balaban J connectivity index is 1.30. The number of ether oxygens (including phenoxy) is 3. The molecule has 4 rings (SSSR count). The van der Waals surface area contributed by atoms with E-state index in [2.05, 4.69) is 5.32 Å². The highest BCUT2D eigenvalue weighted by Gasteiger charge is 2.36. The molecule has 2 saturated heterocycles. The van der Waals surface area contributed by atoms with Crippen LogP contribution in [0.25, 0.3) is 6.08 Å². The second-order valence-electron chi connectivity index (χ2n) is 7.90. The first-order chi connectivity index (χ1) is 17.4. The summed E-state index contributed by atoms with van der Waals surface area (Å²) in [6, 6.07) is 13.5. The van der Waals surface area contributed by atoms with Crippen LogP contribution in [-0.4, -0.2) is 79.3 Å². The minimum Gasteiger partial charge on any atom is -0.497 e. The Bertz CT molecular complexity index is 1160. The van der Waals surface area contributed by atoms with Crippen LogP contribution in [0.3, 0.4) is 0 Å². The van der Waals surface area contributed by atoms with Crippen LogP contribution in [0.1, 0.15) is 5.56 Å². The Morgan fingerprint density at radius 2 is 1.69 bits per heavy atom. The van der Waals surface area contributed by atoms with Crippen molar-refractivity contribution in [1.82, 2.24) is 9.80 Å². The molecule has 10 nitrogen and oxygen atoms in total. The zero-order valence-corrected chi connectivity index (χ0v) is 20.4. The van der Waals surface area contributed by atoms with Crippen molar-refractivity contribution >= 4 is 46.5 Å². The Morgan fingerprint density at radius 1 is 1.03 bits per heavy atom. The lowest BCUT2D eigenvalue weighted by Crippen LogP contribution is -2.42. The first-order valence-corrected chi connectivity index (χ1v) is 12.0. The quantitative estimate of drug-likeness (QED) is 0.538. The number of benzene rings is 2. The summed E-state index contributed by atoms with van der Waals surface area (Å²) in [6.45, 7) is 1.70. The Kier molecular flexibility index (Phi) is 8.24. The number of carbonyl (C=O) groups is 4. The molecule has 0 aliphatic carbocycles. The second-order valence-corrected chi connectivity index (χ2v) is 8.89. The zero-order valence-electron chi connectivity index (χ0n) is 19.6. The topological polar surface area (TPSA) is 114 Å². The summed E-state index contributed by atoms with van der Waals surface area (Å²) in [5.74, 6) is 0.0254. The number of morpholine rings is 1. The lowest BCUT2D eigenvalue weighted by atomic mass is 10.2. The number of rotatable bonds is 8. The maximum absolute atomic E-state index is 12.7. The van der Waals surface area contributed by atoms with E-state index >= 15 is 0 Å². The van der Waals surface area contributed by atoms with Crippen molar-refractivity contribution in [1.29, 1.82) is 0 Å². The fourth-order valence-electron chi connectivity index (χ4n) is 3.52. The first-order valence-electron chi connectivity index (χ1n) is 11.2. The number of hydrogen-bond acceptors (Lipinski definition) is 8. The molecule has 188 valence electrons. The first kappa shape index (κ1) is 25.3. The highest BCUT2D eigenvalue weighted by Crippen LogP contribution is 2.32. The van der Waals surface area contributed by atoms with Crippen molar-refractivity contribution < 1.29 is 33.4 Å². The van der Waals surface area contributed by atoms with Gasteiger partial charge in [-0.1, -0.05) is 12.1 Å². The molecule has 2 aliphatic heterocycles. The van der Waals surface area contributed by atoms with Crippen molar-refractivity contribution in [3.8, 4) is 11.5 Å². The van der Waals surface area contributed by atoms with E-state index in [1.54, 1.807) is 66.6 Å². The highest BCUT2D eigenvalue weighted by molar-refractivity contribution is 8.18. The van der Waals surface area contributed by atoms with Gasteiger partial charge in [0.15, 0.2) is 6.61 Å². The predicted octanol–water partition coefficient (Wildman–Crippen LogP) is 2.61.